The molecule has 9 nitrogen and oxygen atoms in total. The van der Waals surface area contributed by atoms with E-state index in [1.807, 2.05) is 12.2 Å². The van der Waals surface area contributed by atoms with E-state index in [2.05, 4.69) is 55.6 Å². The number of hydrogen-bond acceptors (Lipinski definition) is 7. The maximum atomic E-state index is 9.55. The van der Waals surface area contributed by atoms with Crippen LogP contribution < -0.4 is 15.9 Å². The fourth-order valence-electron chi connectivity index (χ4n) is 3.20. The van der Waals surface area contributed by atoms with Crippen LogP contribution in [0.15, 0.2) is 101 Å². The first-order chi connectivity index (χ1) is 18.6. The molecule has 5 rings (SSSR count). The number of nitrogens with zero attached hydrogens (tertiary/aromatic N) is 5. The topological polar surface area (TPSA) is 135 Å². The zero-order chi connectivity index (χ0) is 27.2. The van der Waals surface area contributed by atoms with Crippen LogP contribution in [0.1, 0.15) is 11.1 Å². The summed E-state index contributed by atoms with van der Waals surface area (Å²) in [5.41, 5.74) is 5.55. The van der Waals surface area contributed by atoms with Crippen LogP contribution in [-0.4, -0.2) is 27.8 Å². The van der Waals surface area contributed by atoms with E-state index in [0.717, 1.165) is 21.8 Å². The molecule has 38 heavy (non-hydrogen) atoms. The zero-order valence-electron chi connectivity index (χ0n) is 19.7. The van der Waals surface area contributed by atoms with Gasteiger partial charge in [-0.2, -0.15) is 27.7 Å². The molecule has 3 aromatic carbocycles. The van der Waals surface area contributed by atoms with Gasteiger partial charge in [0.1, 0.15) is 11.5 Å². The van der Waals surface area contributed by atoms with Gasteiger partial charge in [0.15, 0.2) is 0 Å². The van der Waals surface area contributed by atoms with Gasteiger partial charge in [-0.3, -0.25) is 5.43 Å². The fraction of sp³-hybridized carbons (Fsp3) is 0. The summed E-state index contributed by atoms with van der Waals surface area (Å²) >= 11 is 5.62. The van der Waals surface area contributed by atoms with Crippen LogP contribution >= 0.6 is 0 Å². The number of rotatable bonds is 4. The molecular weight excluding hydrogens is 584 g/mol. The van der Waals surface area contributed by atoms with E-state index in [4.69, 9.17) is 16.0 Å². The van der Waals surface area contributed by atoms with Crippen LogP contribution in [0.3, 0.4) is 0 Å². The standard InChI is InChI=1S/C15H14N4O2S.C12H8N2.Mo.O/c20-13-7-3-1-5-11(13)9-16-18-15(22)19-17-10-12-6-2-4-8-14(12)21;1-3-9-5-6-10-4-2-8-14-12(10)11(9)13-7-1;;/h1-10,20-21H,(H2,18,19,22);1-8H;;/q;-2;;/p-1. The summed E-state index contributed by atoms with van der Waals surface area (Å²) in [5, 5.41) is 41.4. The van der Waals surface area contributed by atoms with Crippen LogP contribution in [0, 0.1) is 0 Å². The van der Waals surface area contributed by atoms with Crippen molar-refractivity contribution in [3.8, 4) is 11.5 Å². The van der Waals surface area contributed by atoms with Gasteiger partial charge in [0.25, 0.3) is 0 Å². The molecule has 192 valence electrons. The molecule has 3 aromatic rings. The van der Waals surface area contributed by atoms with Gasteiger partial charge in [0.05, 0.1) is 12.4 Å². The number of fused-ring (bicyclic) bond motifs is 3. The van der Waals surface area contributed by atoms with E-state index >= 15 is 0 Å². The molecule has 11 heteroatoms. The molecule has 0 aromatic heterocycles. The first kappa shape index (κ1) is 28.2. The quantitative estimate of drug-likeness (QED) is 0.135. The van der Waals surface area contributed by atoms with Crippen LogP contribution in [0.5, 0.6) is 11.5 Å². The van der Waals surface area contributed by atoms with Gasteiger partial charge in [-0.25, -0.2) is 0 Å². The van der Waals surface area contributed by atoms with Gasteiger partial charge in [-0.05, 0) is 34.7 Å². The molecule has 0 fully saturated rings. The summed E-state index contributed by atoms with van der Waals surface area (Å²) in [6.07, 6.45) is 14.4. The number of allylic oxidation sites excluding steroid dienone is 2. The summed E-state index contributed by atoms with van der Waals surface area (Å²) < 4.78 is 8.26. The van der Waals surface area contributed by atoms with Gasteiger partial charge < -0.3 is 33.5 Å². The van der Waals surface area contributed by atoms with Crippen molar-refractivity contribution in [2.75, 3.05) is 0 Å². The second-order valence-electron chi connectivity index (χ2n) is 7.35. The molecule has 2 aliphatic heterocycles. The average molecular weight is 606 g/mol. The van der Waals surface area contributed by atoms with Gasteiger partial charge in [-0.15, -0.1) is 11.4 Å². The van der Waals surface area contributed by atoms with Crippen molar-refractivity contribution in [1.29, 1.82) is 0 Å². The van der Waals surface area contributed by atoms with Crippen molar-refractivity contribution in [2.24, 2.45) is 15.3 Å². The number of nitrogens with one attached hydrogen (secondary N) is 1. The Morgan fingerprint density at radius 1 is 0.789 bits per heavy atom. The van der Waals surface area contributed by atoms with Crippen molar-refractivity contribution >= 4 is 53.8 Å². The molecule has 0 saturated carbocycles. The van der Waals surface area contributed by atoms with E-state index < -0.39 is 0 Å². The van der Waals surface area contributed by atoms with Crippen LogP contribution in [0.4, 0.5) is 11.4 Å². The number of hydrogen-bond donors (Lipinski definition) is 3. The summed E-state index contributed by atoms with van der Waals surface area (Å²) in [6, 6.07) is 17.6. The van der Waals surface area contributed by atoms with E-state index in [9.17, 15) is 10.2 Å². The van der Waals surface area contributed by atoms with Gasteiger partial charge in [0, 0.05) is 16.3 Å². The molecule has 0 unspecified atom stereocenters. The zero-order valence-corrected chi connectivity index (χ0v) is 22.6. The van der Waals surface area contributed by atoms with Crippen molar-refractivity contribution in [2.45, 2.75) is 0 Å². The van der Waals surface area contributed by atoms with E-state index in [1.54, 1.807) is 60.9 Å². The van der Waals surface area contributed by atoms with Crippen molar-refractivity contribution in [3.05, 3.63) is 117 Å². The SMILES string of the molecule is C1=C[N-]c2c3c(ccc2=C1)=CC=C[N-]3.Oc1ccccc1C=NN=C([S-])NN=Cc1ccccc1O.[O]=[Mo]. The fourth-order valence-corrected chi connectivity index (χ4v) is 3.30. The Labute approximate surface area is 236 Å². The van der Waals surface area contributed by atoms with E-state index in [1.165, 1.54) is 12.4 Å². The second-order valence-corrected chi connectivity index (χ2v) is 7.74. The van der Waals surface area contributed by atoms with Crippen molar-refractivity contribution in [1.82, 2.24) is 5.43 Å². The Hall–Kier alpha value is -4.40. The molecular formula is C27H21MoN6O3S-3. The normalized spacial score (nSPS) is 12.8. The predicted octanol–water partition coefficient (Wildman–Crippen LogP) is 4.15. The third-order valence-corrected chi connectivity index (χ3v) is 5.10. The number of hydrazone groups is 1. The number of phenols is 2. The Morgan fingerprint density at radius 3 is 1.82 bits per heavy atom. The van der Waals surface area contributed by atoms with Gasteiger partial charge >= 0.3 is 23.2 Å². The number of aromatic hydroxyl groups is 2. The number of amidine groups is 1. The van der Waals surface area contributed by atoms with Gasteiger partial charge in [-0.1, -0.05) is 60.7 Å². The van der Waals surface area contributed by atoms with Crippen molar-refractivity contribution in [3.63, 3.8) is 0 Å². The third-order valence-electron chi connectivity index (χ3n) is 4.93. The summed E-state index contributed by atoms with van der Waals surface area (Å²) in [4.78, 5) is 0. The Kier molecular flexibility index (Phi) is 11.1. The molecule has 2 aliphatic rings. The van der Waals surface area contributed by atoms with Crippen LogP contribution in [0.2, 0.25) is 0 Å². The van der Waals surface area contributed by atoms with Crippen LogP contribution in [-0.2, 0) is 35.8 Å². The molecule has 0 atom stereocenters. The summed E-state index contributed by atoms with van der Waals surface area (Å²) in [5.74, 6) is 0.228. The average Bonchev–Trinajstić information content (AvgIpc) is 2.96. The summed E-state index contributed by atoms with van der Waals surface area (Å²) in [7, 11) is 0. The third kappa shape index (κ3) is 8.06. The first-order valence-electron chi connectivity index (χ1n) is 11.0. The number of benzene rings is 3. The second kappa shape index (κ2) is 15.0. The molecule has 3 N–H and O–H groups in total. The number of phenolic OH excluding ortho intramolecular Hbond substituents is 2. The van der Waals surface area contributed by atoms with Crippen LogP contribution in [0.25, 0.3) is 22.8 Å². The van der Waals surface area contributed by atoms with E-state index in [0.29, 0.717) is 30.9 Å². The molecule has 0 radical (unpaired) electrons. The Bertz CT molecular complexity index is 1490. The number of para-hydroxylation sites is 2. The maximum absolute atomic E-state index is 9.55. The molecule has 0 bridgehead atoms. The molecule has 0 amide bonds. The van der Waals surface area contributed by atoms with Gasteiger partial charge in [0.2, 0.25) is 0 Å². The molecule has 2 heterocycles. The Balaban J connectivity index is 0.000000213. The monoisotopic (exact) mass is 607 g/mol. The minimum absolute atomic E-state index is 0.0540. The van der Waals surface area contributed by atoms with E-state index in [-0.39, 0.29) is 16.7 Å². The molecule has 0 saturated heterocycles. The predicted molar refractivity (Wildman–Crippen MR) is 149 cm³/mol. The molecule has 0 aliphatic carbocycles. The molecule has 0 spiro atoms. The summed E-state index contributed by atoms with van der Waals surface area (Å²) in [6.45, 7) is 0. The minimum atomic E-state index is 0.0540. The Morgan fingerprint density at radius 2 is 1.29 bits per heavy atom. The van der Waals surface area contributed by atoms with Crippen molar-refractivity contribution < 1.29 is 33.4 Å². The first-order valence-corrected chi connectivity index (χ1v) is 12.2.